The smallest absolute Gasteiger partial charge is 0.151 e. The molecule has 0 atom stereocenters. The molecule has 1 heterocycles. The Balaban J connectivity index is 2.25. The van der Waals surface area contributed by atoms with Crippen molar-refractivity contribution in [2.24, 2.45) is 0 Å². The van der Waals surface area contributed by atoms with Gasteiger partial charge in [0.15, 0.2) is 5.82 Å². The molecule has 0 unspecified atom stereocenters. The van der Waals surface area contributed by atoms with Gasteiger partial charge in [-0.15, -0.1) is 11.6 Å². The average Bonchev–Trinajstić information content (AvgIpc) is 2.95. The molecule has 0 aliphatic heterocycles. The standard InChI is InChI=1S/C15H18ClFN2/c1-15(8-2-3-9-15)19-12-6-4-5-11(17)14(12)18-13(19)7-10-16/h4-6H,2-3,7-10H2,1H3. The van der Waals surface area contributed by atoms with Crippen molar-refractivity contribution >= 4 is 22.6 Å². The molecule has 2 nitrogen and oxygen atoms in total. The summed E-state index contributed by atoms with van der Waals surface area (Å²) in [5, 5.41) is 0. The SMILES string of the molecule is CC1(n2c(CCCl)nc3c(F)cccc32)CCCC1. The fourth-order valence-corrected chi connectivity index (χ4v) is 3.50. The van der Waals surface area contributed by atoms with Crippen LogP contribution < -0.4 is 0 Å². The summed E-state index contributed by atoms with van der Waals surface area (Å²) in [5.74, 6) is 1.19. The first kappa shape index (κ1) is 12.9. The number of imidazole rings is 1. The summed E-state index contributed by atoms with van der Waals surface area (Å²) >= 11 is 5.88. The molecule has 102 valence electrons. The lowest BCUT2D eigenvalue weighted by Crippen LogP contribution is -2.28. The molecule has 1 fully saturated rings. The number of hydrogen-bond acceptors (Lipinski definition) is 1. The Labute approximate surface area is 117 Å². The van der Waals surface area contributed by atoms with Crippen molar-refractivity contribution in [2.45, 2.75) is 44.6 Å². The zero-order valence-electron chi connectivity index (χ0n) is 11.1. The third-order valence-electron chi connectivity index (χ3n) is 4.24. The number of aryl methyl sites for hydroxylation is 1. The Hall–Kier alpha value is -1.09. The van der Waals surface area contributed by atoms with Gasteiger partial charge < -0.3 is 4.57 Å². The highest BCUT2D eigenvalue weighted by molar-refractivity contribution is 6.17. The van der Waals surface area contributed by atoms with E-state index in [1.54, 1.807) is 6.07 Å². The Morgan fingerprint density at radius 2 is 2.11 bits per heavy atom. The van der Waals surface area contributed by atoms with E-state index < -0.39 is 0 Å². The Bertz CT molecular complexity index is 599. The van der Waals surface area contributed by atoms with E-state index in [1.807, 2.05) is 6.07 Å². The van der Waals surface area contributed by atoms with Crippen LogP contribution in [0.5, 0.6) is 0 Å². The van der Waals surface area contributed by atoms with Gasteiger partial charge in [0.05, 0.1) is 5.52 Å². The number of para-hydroxylation sites is 1. The molecule has 0 bridgehead atoms. The fraction of sp³-hybridized carbons (Fsp3) is 0.533. The van der Waals surface area contributed by atoms with Gasteiger partial charge in [-0.3, -0.25) is 0 Å². The maximum absolute atomic E-state index is 13.9. The largest absolute Gasteiger partial charge is 0.322 e. The first-order valence-electron chi connectivity index (χ1n) is 6.88. The number of benzene rings is 1. The lowest BCUT2D eigenvalue weighted by atomic mass is 9.99. The molecule has 1 aliphatic carbocycles. The van der Waals surface area contributed by atoms with Crippen LogP contribution in [0, 0.1) is 5.82 Å². The van der Waals surface area contributed by atoms with Gasteiger partial charge in [0.25, 0.3) is 0 Å². The number of halogens is 2. The van der Waals surface area contributed by atoms with E-state index in [0.717, 1.165) is 24.2 Å². The van der Waals surface area contributed by atoms with E-state index in [9.17, 15) is 4.39 Å². The van der Waals surface area contributed by atoms with Crippen molar-refractivity contribution in [3.05, 3.63) is 29.8 Å². The van der Waals surface area contributed by atoms with Gasteiger partial charge in [0.1, 0.15) is 11.3 Å². The van der Waals surface area contributed by atoms with Gasteiger partial charge in [0, 0.05) is 17.8 Å². The van der Waals surface area contributed by atoms with Gasteiger partial charge in [-0.25, -0.2) is 9.37 Å². The van der Waals surface area contributed by atoms with Crippen molar-refractivity contribution in [1.82, 2.24) is 9.55 Å². The highest BCUT2D eigenvalue weighted by atomic mass is 35.5. The molecule has 0 saturated heterocycles. The molecule has 19 heavy (non-hydrogen) atoms. The van der Waals surface area contributed by atoms with Gasteiger partial charge in [-0.05, 0) is 31.9 Å². The molecule has 1 saturated carbocycles. The summed E-state index contributed by atoms with van der Waals surface area (Å²) in [7, 11) is 0. The predicted octanol–water partition coefficient (Wildman–Crippen LogP) is 4.25. The van der Waals surface area contributed by atoms with Crippen LogP contribution in [0.25, 0.3) is 11.0 Å². The molecule has 4 heteroatoms. The zero-order valence-corrected chi connectivity index (χ0v) is 11.9. The molecule has 1 aliphatic rings. The molecule has 0 N–H and O–H groups in total. The third kappa shape index (κ3) is 2.04. The monoisotopic (exact) mass is 280 g/mol. The molecule has 0 spiro atoms. The molecule has 0 amide bonds. The van der Waals surface area contributed by atoms with Crippen LogP contribution in [0.3, 0.4) is 0 Å². The fourth-order valence-electron chi connectivity index (χ4n) is 3.33. The summed E-state index contributed by atoms with van der Waals surface area (Å²) in [6.07, 6.45) is 5.40. The van der Waals surface area contributed by atoms with Crippen molar-refractivity contribution in [1.29, 1.82) is 0 Å². The average molecular weight is 281 g/mol. The molecule has 2 aromatic rings. The van der Waals surface area contributed by atoms with E-state index in [4.69, 9.17) is 11.6 Å². The van der Waals surface area contributed by atoms with Crippen LogP contribution in [-0.2, 0) is 12.0 Å². The lowest BCUT2D eigenvalue weighted by molar-refractivity contribution is 0.329. The van der Waals surface area contributed by atoms with Crippen LogP contribution in [0.1, 0.15) is 38.4 Å². The second-order valence-corrected chi connectivity index (χ2v) is 5.99. The van der Waals surface area contributed by atoms with E-state index >= 15 is 0 Å². The molecule has 0 radical (unpaired) electrons. The number of fused-ring (bicyclic) bond motifs is 1. The second-order valence-electron chi connectivity index (χ2n) is 5.61. The van der Waals surface area contributed by atoms with Crippen LogP contribution in [0.15, 0.2) is 18.2 Å². The number of rotatable bonds is 3. The number of alkyl halides is 1. The predicted molar refractivity (Wildman–Crippen MR) is 76.2 cm³/mol. The summed E-state index contributed by atoms with van der Waals surface area (Å²) < 4.78 is 16.2. The summed E-state index contributed by atoms with van der Waals surface area (Å²) in [5.41, 5.74) is 1.45. The Morgan fingerprint density at radius 3 is 2.79 bits per heavy atom. The second kappa shape index (κ2) is 4.78. The van der Waals surface area contributed by atoms with Gasteiger partial charge >= 0.3 is 0 Å². The first-order valence-corrected chi connectivity index (χ1v) is 7.41. The molecular weight excluding hydrogens is 263 g/mol. The maximum atomic E-state index is 13.9. The van der Waals surface area contributed by atoms with Crippen LogP contribution >= 0.6 is 11.6 Å². The van der Waals surface area contributed by atoms with Gasteiger partial charge in [-0.2, -0.15) is 0 Å². The quantitative estimate of drug-likeness (QED) is 0.769. The Morgan fingerprint density at radius 1 is 1.37 bits per heavy atom. The molecule has 1 aromatic heterocycles. The number of aromatic nitrogens is 2. The van der Waals surface area contributed by atoms with E-state index in [-0.39, 0.29) is 11.4 Å². The van der Waals surface area contributed by atoms with Crippen LogP contribution in [0.2, 0.25) is 0 Å². The molecular formula is C15H18ClFN2. The topological polar surface area (TPSA) is 17.8 Å². The highest BCUT2D eigenvalue weighted by Crippen LogP contribution is 2.39. The van der Waals surface area contributed by atoms with Crippen molar-refractivity contribution < 1.29 is 4.39 Å². The minimum atomic E-state index is -0.242. The van der Waals surface area contributed by atoms with E-state index in [0.29, 0.717) is 17.8 Å². The minimum absolute atomic E-state index is 0.0595. The van der Waals surface area contributed by atoms with Gasteiger partial charge in [-0.1, -0.05) is 18.9 Å². The Kier molecular flexibility index (Phi) is 3.25. The summed E-state index contributed by atoms with van der Waals surface area (Å²) in [6.45, 7) is 2.25. The van der Waals surface area contributed by atoms with Gasteiger partial charge in [0.2, 0.25) is 0 Å². The minimum Gasteiger partial charge on any atom is -0.322 e. The normalized spacial score (nSPS) is 18.3. The number of nitrogens with zero attached hydrogens (tertiary/aromatic N) is 2. The molecule has 3 rings (SSSR count). The van der Waals surface area contributed by atoms with Crippen LogP contribution in [0.4, 0.5) is 4.39 Å². The number of hydrogen-bond donors (Lipinski definition) is 0. The zero-order chi connectivity index (χ0) is 13.5. The maximum Gasteiger partial charge on any atom is 0.151 e. The first-order chi connectivity index (χ1) is 9.15. The highest BCUT2D eigenvalue weighted by Gasteiger charge is 2.34. The molecule has 1 aromatic carbocycles. The van der Waals surface area contributed by atoms with Crippen molar-refractivity contribution in [3.8, 4) is 0 Å². The van der Waals surface area contributed by atoms with E-state index in [2.05, 4.69) is 16.5 Å². The summed E-state index contributed by atoms with van der Waals surface area (Å²) in [4.78, 5) is 4.50. The van der Waals surface area contributed by atoms with Crippen molar-refractivity contribution in [3.63, 3.8) is 0 Å². The van der Waals surface area contributed by atoms with Crippen LogP contribution in [-0.4, -0.2) is 15.4 Å². The lowest BCUT2D eigenvalue weighted by Gasteiger charge is -2.28. The third-order valence-corrected chi connectivity index (χ3v) is 4.43. The van der Waals surface area contributed by atoms with E-state index in [1.165, 1.54) is 18.9 Å². The summed E-state index contributed by atoms with van der Waals surface area (Å²) in [6, 6.07) is 5.20. The van der Waals surface area contributed by atoms with Crippen molar-refractivity contribution in [2.75, 3.05) is 5.88 Å².